The molecular weight excluding hydrogens is 452 g/mol. The predicted octanol–water partition coefficient (Wildman–Crippen LogP) is 6.62. The summed E-state index contributed by atoms with van der Waals surface area (Å²) in [5, 5.41) is 22.5. The second-order valence-electron chi connectivity index (χ2n) is 8.18. The first-order valence-electron chi connectivity index (χ1n) is 11.4. The summed E-state index contributed by atoms with van der Waals surface area (Å²) in [6.07, 6.45) is 1.34. The SMILES string of the molecule is Cc1ccc(N=Nc2ccc(O)c(/C=N\NC(=O)COc3ccc(-c4ccccc4)cc3)c2)cc1C. The van der Waals surface area contributed by atoms with Gasteiger partial charge in [0.05, 0.1) is 17.6 Å². The third-order valence-corrected chi connectivity index (χ3v) is 5.51. The van der Waals surface area contributed by atoms with E-state index in [0.29, 0.717) is 17.0 Å². The molecule has 36 heavy (non-hydrogen) atoms. The van der Waals surface area contributed by atoms with Crippen LogP contribution in [0.1, 0.15) is 16.7 Å². The molecule has 0 aliphatic rings. The maximum atomic E-state index is 12.1. The van der Waals surface area contributed by atoms with Gasteiger partial charge in [0.2, 0.25) is 0 Å². The topological polar surface area (TPSA) is 95.6 Å². The summed E-state index contributed by atoms with van der Waals surface area (Å²) in [5.41, 5.74) is 8.56. The van der Waals surface area contributed by atoms with Gasteiger partial charge in [0.15, 0.2) is 6.61 Å². The highest BCUT2D eigenvalue weighted by molar-refractivity contribution is 5.86. The normalized spacial score (nSPS) is 11.2. The van der Waals surface area contributed by atoms with Crippen molar-refractivity contribution in [2.24, 2.45) is 15.3 Å². The summed E-state index contributed by atoms with van der Waals surface area (Å²) in [7, 11) is 0. The Labute approximate surface area is 209 Å². The molecule has 0 radical (unpaired) electrons. The van der Waals surface area contributed by atoms with Crippen LogP contribution in [-0.2, 0) is 4.79 Å². The molecule has 7 nitrogen and oxygen atoms in total. The van der Waals surface area contributed by atoms with Gasteiger partial charge in [0.25, 0.3) is 5.91 Å². The number of nitrogens with one attached hydrogen (secondary N) is 1. The average molecular weight is 479 g/mol. The number of carbonyl (C=O) groups excluding carboxylic acids is 1. The number of benzene rings is 4. The summed E-state index contributed by atoms with van der Waals surface area (Å²) in [6.45, 7) is 3.86. The smallest absolute Gasteiger partial charge is 0.277 e. The molecule has 4 aromatic carbocycles. The van der Waals surface area contributed by atoms with Crippen molar-refractivity contribution in [1.29, 1.82) is 0 Å². The number of carbonyl (C=O) groups is 1. The lowest BCUT2D eigenvalue weighted by molar-refractivity contribution is -0.123. The number of nitrogens with zero attached hydrogens (tertiary/aromatic N) is 3. The largest absolute Gasteiger partial charge is 0.507 e. The first kappa shape index (κ1) is 24.3. The molecule has 0 bridgehead atoms. The third kappa shape index (κ3) is 6.64. The van der Waals surface area contributed by atoms with Crippen LogP contribution < -0.4 is 10.2 Å². The summed E-state index contributed by atoms with van der Waals surface area (Å²) in [4.78, 5) is 12.1. The van der Waals surface area contributed by atoms with E-state index in [9.17, 15) is 9.90 Å². The highest BCUT2D eigenvalue weighted by atomic mass is 16.5. The standard InChI is InChI=1S/C29H26N4O3/c1-20-8-11-25(16-21(20)2)31-32-26-12-15-28(34)24(17-26)18-30-33-29(35)19-36-27-13-9-23(10-14-27)22-6-4-3-5-7-22/h3-18,34H,19H2,1-2H3,(H,33,35)/b30-18-,32-31?. The number of aryl methyl sites for hydroxylation is 2. The second-order valence-corrected chi connectivity index (χ2v) is 8.18. The maximum absolute atomic E-state index is 12.1. The molecule has 0 unspecified atom stereocenters. The van der Waals surface area contributed by atoms with E-state index < -0.39 is 5.91 Å². The molecule has 0 aliphatic heterocycles. The lowest BCUT2D eigenvalue weighted by Gasteiger charge is -2.07. The molecule has 0 saturated carbocycles. The van der Waals surface area contributed by atoms with Crippen molar-refractivity contribution < 1.29 is 14.6 Å². The number of hydrazone groups is 1. The molecule has 0 aliphatic carbocycles. The molecule has 0 heterocycles. The van der Waals surface area contributed by atoms with Gasteiger partial charge >= 0.3 is 0 Å². The fraction of sp³-hybridized carbons (Fsp3) is 0.103. The van der Waals surface area contributed by atoms with Gasteiger partial charge in [-0.15, -0.1) is 0 Å². The number of aromatic hydroxyl groups is 1. The highest BCUT2D eigenvalue weighted by Crippen LogP contribution is 2.25. The van der Waals surface area contributed by atoms with Crippen LogP contribution in [0, 0.1) is 13.8 Å². The zero-order valence-electron chi connectivity index (χ0n) is 20.1. The van der Waals surface area contributed by atoms with Gasteiger partial charge in [0.1, 0.15) is 11.5 Å². The monoisotopic (exact) mass is 478 g/mol. The Bertz CT molecular complexity index is 1400. The Balaban J connectivity index is 1.30. The third-order valence-electron chi connectivity index (χ3n) is 5.51. The molecule has 2 N–H and O–H groups in total. The van der Waals surface area contributed by atoms with Crippen molar-refractivity contribution in [2.45, 2.75) is 13.8 Å². The van der Waals surface area contributed by atoms with Gasteiger partial charge in [-0.1, -0.05) is 48.5 Å². The summed E-state index contributed by atoms with van der Waals surface area (Å²) >= 11 is 0. The van der Waals surface area contributed by atoms with Gasteiger partial charge in [-0.2, -0.15) is 15.3 Å². The number of hydrogen-bond acceptors (Lipinski definition) is 6. The molecule has 0 saturated heterocycles. The summed E-state index contributed by atoms with van der Waals surface area (Å²) in [6, 6.07) is 28.1. The van der Waals surface area contributed by atoms with E-state index in [4.69, 9.17) is 4.74 Å². The van der Waals surface area contributed by atoms with Gasteiger partial charge in [-0.05, 0) is 78.6 Å². The zero-order chi connectivity index (χ0) is 25.3. The van der Waals surface area contributed by atoms with Crippen LogP contribution >= 0.6 is 0 Å². The number of phenolic OH excluding ortho intramolecular Hbond substituents is 1. The number of ether oxygens (including phenoxy) is 1. The first-order valence-corrected chi connectivity index (χ1v) is 11.4. The lowest BCUT2D eigenvalue weighted by atomic mass is 10.1. The Morgan fingerprint density at radius 1 is 0.833 bits per heavy atom. The Hall–Kier alpha value is -4.78. The van der Waals surface area contributed by atoms with E-state index in [1.807, 2.05) is 86.6 Å². The minimum absolute atomic E-state index is 0.00730. The van der Waals surface area contributed by atoms with Gasteiger partial charge in [0, 0.05) is 5.56 Å². The molecule has 7 heteroatoms. The van der Waals surface area contributed by atoms with Crippen LogP contribution in [0.15, 0.2) is 106 Å². The number of phenols is 1. The van der Waals surface area contributed by atoms with Gasteiger partial charge in [-0.25, -0.2) is 5.43 Å². The van der Waals surface area contributed by atoms with Crippen LogP contribution in [0.25, 0.3) is 11.1 Å². The molecule has 180 valence electrons. The van der Waals surface area contributed by atoms with Crippen molar-refractivity contribution in [3.05, 3.63) is 108 Å². The van der Waals surface area contributed by atoms with Crippen molar-refractivity contribution in [1.82, 2.24) is 5.43 Å². The van der Waals surface area contributed by atoms with Crippen molar-refractivity contribution in [3.8, 4) is 22.6 Å². The van der Waals surface area contributed by atoms with E-state index in [1.54, 1.807) is 12.1 Å². The van der Waals surface area contributed by atoms with Crippen LogP contribution in [0.2, 0.25) is 0 Å². The predicted molar refractivity (Wildman–Crippen MR) is 141 cm³/mol. The summed E-state index contributed by atoms with van der Waals surface area (Å²) in [5.74, 6) is 0.157. The first-order chi connectivity index (χ1) is 17.5. The van der Waals surface area contributed by atoms with E-state index in [2.05, 4.69) is 20.8 Å². The molecule has 0 aromatic heterocycles. The van der Waals surface area contributed by atoms with Crippen LogP contribution in [0.5, 0.6) is 11.5 Å². The lowest BCUT2D eigenvalue weighted by Crippen LogP contribution is -2.24. The highest BCUT2D eigenvalue weighted by Gasteiger charge is 2.04. The molecule has 0 atom stereocenters. The number of azo groups is 1. The molecule has 1 amide bonds. The van der Waals surface area contributed by atoms with Crippen molar-refractivity contribution in [3.63, 3.8) is 0 Å². The van der Waals surface area contributed by atoms with Crippen molar-refractivity contribution >= 4 is 23.5 Å². The average Bonchev–Trinajstić information content (AvgIpc) is 2.90. The molecular formula is C29H26N4O3. The van der Waals surface area contributed by atoms with Crippen LogP contribution in [0.4, 0.5) is 11.4 Å². The van der Waals surface area contributed by atoms with Gasteiger partial charge in [-0.3, -0.25) is 4.79 Å². The minimum Gasteiger partial charge on any atom is -0.507 e. The Kier molecular flexibility index (Phi) is 7.83. The van der Waals surface area contributed by atoms with Gasteiger partial charge < -0.3 is 9.84 Å². The Morgan fingerprint density at radius 3 is 2.22 bits per heavy atom. The fourth-order valence-electron chi connectivity index (χ4n) is 3.34. The molecule has 4 aromatic rings. The number of hydrogen-bond donors (Lipinski definition) is 2. The summed E-state index contributed by atoms with van der Waals surface area (Å²) < 4.78 is 5.53. The molecule has 0 fully saturated rings. The van der Waals surface area contributed by atoms with E-state index >= 15 is 0 Å². The Morgan fingerprint density at radius 2 is 1.50 bits per heavy atom. The maximum Gasteiger partial charge on any atom is 0.277 e. The minimum atomic E-state index is -0.427. The van der Waals surface area contributed by atoms with Crippen molar-refractivity contribution in [2.75, 3.05) is 6.61 Å². The molecule has 0 spiro atoms. The van der Waals surface area contributed by atoms with E-state index in [0.717, 1.165) is 22.4 Å². The quantitative estimate of drug-likeness (QED) is 0.169. The number of rotatable bonds is 8. The number of amides is 1. The fourth-order valence-corrected chi connectivity index (χ4v) is 3.34. The van der Waals surface area contributed by atoms with Crippen LogP contribution in [0.3, 0.4) is 0 Å². The van der Waals surface area contributed by atoms with E-state index in [1.165, 1.54) is 17.8 Å². The van der Waals surface area contributed by atoms with E-state index in [-0.39, 0.29) is 12.4 Å². The molecule has 4 rings (SSSR count). The zero-order valence-corrected chi connectivity index (χ0v) is 20.1. The second kappa shape index (κ2) is 11.6. The van der Waals surface area contributed by atoms with Crippen LogP contribution in [-0.4, -0.2) is 23.8 Å².